The summed E-state index contributed by atoms with van der Waals surface area (Å²) in [6.07, 6.45) is 9.26. The Morgan fingerprint density at radius 1 is 1.09 bits per heavy atom. The fourth-order valence-electron chi connectivity index (χ4n) is 1.91. The standard InChI is InChI=1S/C17H31O4P/c1-14(2)8-6-9-15(3)10-7-11-16(4)12-17(18)13-21-22(5,19)20/h8,10,12,17-18H,6-7,9,11,13H2,1-5H3,(H,19,20). The molecular formula is C17H31O4P. The van der Waals surface area contributed by atoms with Crippen LogP contribution < -0.4 is 0 Å². The molecule has 4 nitrogen and oxygen atoms in total. The van der Waals surface area contributed by atoms with Crippen molar-refractivity contribution in [3.05, 3.63) is 34.9 Å². The van der Waals surface area contributed by atoms with E-state index in [0.717, 1.165) is 37.9 Å². The Balaban J connectivity index is 4.10. The van der Waals surface area contributed by atoms with Gasteiger partial charge in [-0.25, -0.2) is 0 Å². The van der Waals surface area contributed by atoms with E-state index in [1.165, 1.54) is 11.1 Å². The van der Waals surface area contributed by atoms with Gasteiger partial charge in [0.15, 0.2) is 0 Å². The lowest BCUT2D eigenvalue weighted by Gasteiger charge is -2.10. The van der Waals surface area contributed by atoms with Crippen molar-refractivity contribution in [3.8, 4) is 0 Å². The predicted molar refractivity (Wildman–Crippen MR) is 93.1 cm³/mol. The minimum Gasteiger partial charge on any atom is -0.387 e. The first-order chi connectivity index (χ1) is 10.1. The van der Waals surface area contributed by atoms with Gasteiger partial charge in [0.2, 0.25) is 0 Å². The molecule has 2 N–H and O–H groups in total. The number of aliphatic hydroxyl groups excluding tert-OH is 1. The van der Waals surface area contributed by atoms with Crippen LogP contribution in [0.4, 0.5) is 0 Å². The maximum atomic E-state index is 11.0. The van der Waals surface area contributed by atoms with Crippen LogP contribution in [0.5, 0.6) is 0 Å². The molecular weight excluding hydrogens is 299 g/mol. The van der Waals surface area contributed by atoms with Crippen LogP contribution in [0.15, 0.2) is 34.9 Å². The lowest BCUT2D eigenvalue weighted by atomic mass is 10.1. The van der Waals surface area contributed by atoms with E-state index < -0.39 is 13.7 Å². The van der Waals surface area contributed by atoms with E-state index >= 15 is 0 Å². The Hall–Kier alpha value is -0.670. The maximum Gasteiger partial charge on any atom is 0.325 e. The molecule has 2 atom stereocenters. The van der Waals surface area contributed by atoms with Gasteiger partial charge < -0.3 is 14.5 Å². The van der Waals surface area contributed by atoms with Crippen LogP contribution in [0, 0.1) is 0 Å². The summed E-state index contributed by atoms with van der Waals surface area (Å²) in [4.78, 5) is 9.00. The third-order valence-electron chi connectivity index (χ3n) is 3.08. The van der Waals surface area contributed by atoms with Crippen molar-refractivity contribution in [3.63, 3.8) is 0 Å². The van der Waals surface area contributed by atoms with Crippen LogP contribution in [-0.2, 0) is 9.09 Å². The van der Waals surface area contributed by atoms with E-state index in [1.807, 2.05) is 6.92 Å². The van der Waals surface area contributed by atoms with E-state index in [4.69, 9.17) is 9.42 Å². The molecule has 0 spiro atoms. The van der Waals surface area contributed by atoms with Crippen molar-refractivity contribution >= 4 is 7.60 Å². The van der Waals surface area contributed by atoms with E-state index in [9.17, 15) is 9.67 Å². The molecule has 0 aromatic carbocycles. The average Bonchev–Trinajstić information content (AvgIpc) is 2.35. The molecule has 5 heteroatoms. The summed E-state index contributed by atoms with van der Waals surface area (Å²) < 4.78 is 15.7. The molecule has 0 aliphatic heterocycles. The SMILES string of the molecule is CC(C)=CCCC(C)=CCCC(C)=CC(O)COP(C)(=O)O. The molecule has 0 rings (SSSR count). The zero-order valence-corrected chi connectivity index (χ0v) is 15.4. The first-order valence-corrected chi connectivity index (χ1v) is 9.72. The Labute approximate surface area is 135 Å². The largest absolute Gasteiger partial charge is 0.387 e. The second-order valence-electron chi connectivity index (χ2n) is 6.09. The third kappa shape index (κ3) is 14.3. The van der Waals surface area contributed by atoms with Gasteiger partial charge in [-0.1, -0.05) is 34.9 Å². The Morgan fingerprint density at radius 2 is 1.64 bits per heavy atom. The summed E-state index contributed by atoms with van der Waals surface area (Å²) in [6, 6.07) is 0. The van der Waals surface area contributed by atoms with Crippen LogP contribution >= 0.6 is 7.60 Å². The molecule has 128 valence electrons. The summed E-state index contributed by atoms with van der Waals surface area (Å²) in [5, 5.41) is 9.70. The van der Waals surface area contributed by atoms with Crippen LogP contribution in [0.3, 0.4) is 0 Å². The van der Waals surface area contributed by atoms with Gasteiger partial charge in [0.1, 0.15) is 0 Å². The smallest absolute Gasteiger partial charge is 0.325 e. The monoisotopic (exact) mass is 330 g/mol. The van der Waals surface area contributed by atoms with Crippen molar-refractivity contribution in [1.29, 1.82) is 0 Å². The normalized spacial score (nSPS) is 17.0. The van der Waals surface area contributed by atoms with Gasteiger partial charge in [0, 0.05) is 6.66 Å². The molecule has 0 amide bonds. The van der Waals surface area contributed by atoms with E-state index in [0.29, 0.717) is 0 Å². The van der Waals surface area contributed by atoms with E-state index in [-0.39, 0.29) is 6.61 Å². The van der Waals surface area contributed by atoms with Gasteiger partial charge in [0.05, 0.1) is 12.7 Å². The summed E-state index contributed by atoms with van der Waals surface area (Å²) in [5.74, 6) is 0. The first kappa shape index (κ1) is 21.3. The van der Waals surface area contributed by atoms with Gasteiger partial charge in [-0.2, -0.15) is 0 Å². The summed E-state index contributed by atoms with van der Waals surface area (Å²) in [5.41, 5.74) is 3.77. The first-order valence-electron chi connectivity index (χ1n) is 7.69. The van der Waals surface area contributed by atoms with Crippen molar-refractivity contribution in [2.24, 2.45) is 0 Å². The van der Waals surface area contributed by atoms with Gasteiger partial charge >= 0.3 is 7.60 Å². The van der Waals surface area contributed by atoms with Gasteiger partial charge in [-0.3, -0.25) is 4.57 Å². The molecule has 0 aromatic heterocycles. The zero-order chi connectivity index (χ0) is 17.2. The summed E-state index contributed by atoms with van der Waals surface area (Å²) in [7, 11) is -3.52. The van der Waals surface area contributed by atoms with Crippen molar-refractivity contribution < 1.29 is 19.1 Å². The van der Waals surface area contributed by atoms with E-state index in [2.05, 4.69) is 32.9 Å². The highest BCUT2D eigenvalue weighted by Crippen LogP contribution is 2.36. The fraction of sp³-hybridized carbons (Fsp3) is 0.647. The van der Waals surface area contributed by atoms with Crippen LogP contribution in [0.2, 0.25) is 0 Å². The molecule has 0 radical (unpaired) electrons. The topological polar surface area (TPSA) is 66.8 Å². The number of hydrogen-bond donors (Lipinski definition) is 2. The number of allylic oxidation sites excluding steroid dienone is 5. The number of hydrogen-bond acceptors (Lipinski definition) is 3. The highest BCUT2D eigenvalue weighted by atomic mass is 31.2. The molecule has 22 heavy (non-hydrogen) atoms. The number of rotatable bonds is 10. The lowest BCUT2D eigenvalue weighted by Crippen LogP contribution is -2.11. The van der Waals surface area contributed by atoms with E-state index in [1.54, 1.807) is 6.08 Å². The Morgan fingerprint density at radius 3 is 2.18 bits per heavy atom. The second kappa shape index (κ2) is 11.0. The summed E-state index contributed by atoms with van der Waals surface area (Å²) in [6.45, 7) is 9.26. The van der Waals surface area contributed by atoms with Crippen molar-refractivity contribution in [2.75, 3.05) is 13.3 Å². The minimum absolute atomic E-state index is 0.154. The maximum absolute atomic E-state index is 11.0. The molecule has 0 aromatic rings. The average molecular weight is 330 g/mol. The molecule has 0 saturated carbocycles. The second-order valence-corrected chi connectivity index (χ2v) is 7.95. The van der Waals surface area contributed by atoms with Crippen LogP contribution in [-0.4, -0.2) is 29.4 Å². The highest BCUT2D eigenvalue weighted by Gasteiger charge is 2.12. The Kier molecular flexibility index (Phi) is 10.6. The molecule has 0 aliphatic rings. The van der Waals surface area contributed by atoms with Gasteiger partial charge in [-0.05, 0) is 53.4 Å². The minimum atomic E-state index is -3.52. The van der Waals surface area contributed by atoms with Crippen LogP contribution in [0.25, 0.3) is 0 Å². The predicted octanol–water partition coefficient (Wildman–Crippen LogP) is 4.60. The molecule has 0 bridgehead atoms. The van der Waals surface area contributed by atoms with Crippen molar-refractivity contribution in [2.45, 2.75) is 59.5 Å². The van der Waals surface area contributed by atoms with Gasteiger partial charge in [0.25, 0.3) is 0 Å². The van der Waals surface area contributed by atoms with Gasteiger partial charge in [-0.15, -0.1) is 0 Å². The lowest BCUT2D eigenvalue weighted by molar-refractivity contribution is 0.134. The third-order valence-corrected chi connectivity index (χ3v) is 3.71. The summed E-state index contributed by atoms with van der Waals surface area (Å²) >= 11 is 0. The molecule has 0 aliphatic carbocycles. The molecule has 0 fully saturated rings. The Bertz CT molecular complexity index is 453. The molecule has 0 saturated heterocycles. The molecule has 2 unspecified atom stereocenters. The molecule has 0 heterocycles. The zero-order valence-electron chi connectivity index (χ0n) is 14.5. The van der Waals surface area contributed by atoms with Crippen LogP contribution in [0.1, 0.15) is 53.4 Å². The number of aliphatic hydroxyl groups is 1. The fourth-order valence-corrected chi connectivity index (χ4v) is 2.34. The quantitative estimate of drug-likeness (QED) is 0.454. The highest BCUT2D eigenvalue weighted by molar-refractivity contribution is 7.51. The van der Waals surface area contributed by atoms with Crippen molar-refractivity contribution in [1.82, 2.24) is 0 Å².